The molecule has 2 aromatic rings. The molecule has 0 aromatic carbocycles. The zero-order valence-electron chi connectivity index (χ0n) is 12.3. The lowest BCUT2D eigenvalue weighted by Gasteiger charge is -2.11. The van der Waals surface area contributed by atoms with Gasteiger partial charge >= 0.3 is 0 Å². The molecule has 0 aliphatic heterocycles. The zero-order valence-corrected chi connectivity index (χ0v) is 12.3. The third-order valence-electron chi connectivity index (χ3n) is 3.15. The summed E-state index contributed by atoms with van der Waals surface area (Å²) in [7, 11) is 0. The van der Waals surface area contributed by atoms with Crippen molar-refractivity contribution in [2.24, 2.45) is 0 Å². The second-order valence-electron chi connectivity index (χ2n) is 4.77. The highest BCUT2D eigenvalue weighted by molar-refractivity contribution is 5.15. The first-order chi connectivity index (χ1) is 9.63. The Morgan fingerprint density at radius 1 is 1.50 bits per heavy atom. The molecule has 0 bridgehead atoms. The Hall–Kier alpha value is -1.95. The average Bonchev–Trinajstić information content (AvgIpc) is 2.98. The monoisotopic (exact) mass is 275 g/mol. The lowest BCUT2D eigenvalue weighted by Crippen LogP contribution is -2.20. The van der Waals surface area contributed by atoms with Gasteiger partial charge < -0.3 is 9.84 Å². The summed E-state index contributed by atoms with van der Waals surface area (Å²) in [5, 5.41) is 11.7. The highest BCUT2D eigenvalue weighted by Crippen LogP contribution is 2.16. The first-order valence-electron chi connectivity index (χ1n) is 6.81. The third-order valence-corrected chi connectivity index (χ3v) is 3.15. The SMILES string of the molecule is C=CCn1cc(CN[C@H](CC)c2nc(C)no2)c(C)n1. The molecule has 0 spiro atoms. The van der Waals surface area contributed by atoms with Crippen LogP contribution in [0.3, 0.4) is 0 Å². The highest BCUT2D eigenvalue weighted by atomic mass is 16.5. The number of rotatable bonds is 7. The number of nitrogens with zero attached hydrogens (tertiary/aromatic N) is 4. The Labute approximate surface area is 118 Å². The number of hydrogen-bond donors (Lipinski definition) is 1. The summed E-state index contributed by atoms with van der Waals surface area (Å²) in [4.78, 5) is 4.28. The summed E-state index contributed by atoms with van der Waals surface area (Å²) in [5.41, 5.74) is 2.19. The molecule has 0 aliphatic carbocycles. The van der Waals surface area contributed by atoms with Gasteiger partial charge in [-0.1, -0.05) is 18.2 Å². The quantitative estimate of drug-likeness (QED) is 0.785. The average molecular weight is 275 g/mol. The molecule has 20 heavy (non-hydrogen) atoms. The van der Waals surface area contributed by atoms with E-state index in [1.165, 1.54) is 5.56 Å². The van der Waals surface area contributed by atoms with E-state index < -0.39 is 0 Å². The molecule has 2 rings (SSSR count). The smallest absolute Gasteiger partial charge is 0.243 e. The van der Waals surface area contributed by atoms with E-state index in [1.807, 2.05) is 30.8 Å². The minimum absolute atomic E-state index is 0.0679. The van der Waals surface area contributed by atoms with Crippen LogP contribution in [0.25, 0.3) is 0 Å². The van der Waals surface area contributed by atoms with Crippen molar-refractivity contribution in [3.8, 4) is 0 Å². The fourth-order valence-electron chi connectivity index (χ4n) is 2.05. The van der Waals surface area contributed by atoms with Gasteiger partial charge in [0.05, 0.1) is 18.3 Å². The van der Waals surface area contributed by atoms with Gasteiger partial charge in [0.15, 0.2) is 5.82 Å². The summed E-state index contributed by atoms with van der Waals surface area (Å²) in [6.45, 7) is 11.1. The maximum Gasteiger partial charge on any atom is 0.243 e. The molecule has 1 atom stereocenters. The van der Waals surface area contributed by atoms with E-state index in [1.54, 1.807) is 0 Å². The number of aryl methyl sites for hydroxylation is 2. The van der Waals surface area contributed by atoms with Crippen LogP contribution in [0.2, 0.25) is 0 Å². The normalized spacial score (nSPS) is 12.6. The van der Waals surface area contributed by atoms with Gasteiger partial charge in [-0.2, -0.15) is 10.1 Å². The van der Waals surface area contributed by atoms with Crippen molar-refractivity contribution in [1.82, 2.24) is 25.2 Å². The molecule has 0 saturated heterocycles. The summed E-state index contributed by atoms with van der Waals surface area (Å²) in [6.07, 6.45) is 4.76. The van der Waals surface area contributed by atoms with E-state index in [9.17, 15) is 0 Å². The Balaban J connectivity index is 2.01. The molecule has 108 valence electrons. The predicted octanol–water partition coefficient (Wildman–Crippen LogP) is 2.31. The summed E-state index contributed by atoms with van der Waals surface area (Å²) in [6, 6.07) is 0.0679. The molecule has 2 aromatic heterocycles. The van der Waals surface area contributed by atoms with E-state index in [4.69, 9.17) is 4.52 Å². The molecular weight excluding hydrogens is 254 g/mol. The van der Waals surface area contributed by atoms with Crippen LogP contribution in [0.15, 0.2) is 23.4 Å². The van der Waals surface area contributed by atoms with Crippen LogP contribution in [0.4, 0.5) is 0 Å². The van der Waals surface area contributed by atoms with Crippen molar-refractivity contribution in [2.45, 2.75) is 46.3 Å². The first-order valence-corrected chi connectivity index (χ1v) is 6.81. The largest absolute Gasteiger partial charge is 0.338 e. The van der Waals surface area contributed by atoms with Crippen LogP contribution in [-0.4, -0.2) is 19.9 Å². The molecule has 0 saturated carbocycles. The Morgan fingerprint density at radius 2 is 2.30 bits per heavy atom. The number of nitrogens with one attached hydrogen (secondary N) is 1. The predicted molar refractivity (Wildman–Crippen MR) is 76.1 cm³/mol. The van der Waals surface area contributed by atoms with Crippen LogP contribution in [0.1, 0.15) is 42.4 Å². The fourth-order valence-corrected chi connectivity index (χ4v) is 2.05. The Bertz CT molecular complexity index is 572. The van der Waals surface area contributed by atoms with Crippen molar-refractivity contribution in [1.29, 1.82) is 0 Å². The molecule has 1 N–H and O–H groups in total. The van der Waals surface area contributed by atoms with E-state index in [2.05, 4.69) is 34.1 Å². The molecule has 6 nitrogen and oxygen atoms in total. The maximum atomic E-state index is 5.22. The van der Waals surface area contributed by atoms with Crippen LogP contribution < -0.4 is 5.32 Å². The van der Waals surface area contributed by atoms with Crippen LogP contribution in [0.5, 0.6) is 0 Å². The standard InChI is InChI=1S/C14H21N5O/c1-5-7-19-9-12(10(3)17-19)8-15-13(6-2)14-16-11(4)18-20-14/h5,9,13,15H,1,6-8H2,2-4H3/t13-/m1/s1. The second kappa shape index (κ2) is 6.47. The van der Waals surface area contributed by atoms with Gasteiger partial charge in [0.1, 0.15) is 0 Å². The van der Waals surface area contributed by atoms with Crippen molar-refractivity contribution < 1.29 is 4.52 Å². The molecule has 6 heteroatoms. The molecule has 0 radical (unpaired) electrons. The van der Waals surface area contributed by atoms with Gasteiger partial charge in [0.25, 0.3) is 0 Å². The number of allylic oxidation sites excluding steroid dienone is 1. The van der Waals surface area contributed by atoms with Crippen LogP contribution in [-0.2, 0) is 13.1 Å². The van der Waals surface area contributed by atoms with Crippen molar-refractivity contribution >= 4 is 0 Å². The van der Waals surface area contributed by atoms with Gasteiger partial charge in [-0.05, 0) is 20.3 Å². The van der Waals surface area contributed by atoms with Crippen LogP contribution in [0, 0.1) is 13.8 Å². The van der Waals surface area contributed by atoms with Crippen molar-refractivity contribution in [2.75, 3.05) is 0 Å². The molecule has 0 aliphatic rings. The summed E-state index contributed by atoms with van der Waals surface area (Å²) >= 11 is 0. The fraction of sp³-hybridized carbons (Fsp3) is 0.500. The molecule has 0 fully saturated rings. The lowest BCUT2D eigenvalue weighted by atomic mass is 10.2. The van der Waals surface area contributed by atoms with Gasteiger partial charge in [-0.3, -0.25) is 4.68 Å². The molecule has 2 heterocycles. The van der Waals surface area contributed by atoms with E-state index in [-0.39, 0.29) is 6.04 Å². The minimum Gasteiger partial charge on any atom is -0.338 e. The minimum atomic E-state index is 0.0679. The summed E-state index contributed by atoms with van der Waals surface area (Å²) in [5.74, 6) is 1.30. The van der Waals surface area contributed by atoms with E-state index >= 15 is 0 Å². The van der Waals surface area contributed by atoms with E-state index in [0.29, 0.717) is 11.7 Å². The number of hydrogen-bond acceptors (Lipinski definition) is 5. The molecule has 0 unspecified atom stereocenters. The lowest BCUT2D eigenvalue weighted by molar-refractivity contribution is 0.323. The van der Waals surface area contributed by atoms with Gasteiger partial charge in [0, 0.05) is 18.3 Å². The van der Waals surface area contributed by atoms with Gasteiger partial charge in [-0.15, -0.1) is 6.58 Å². The number of aromatic nitrogens is 4. The Morgan fingerprint density at radius 3 is 2.90 bits per heavy atom. The van der Waals surface area contributed by atoms with Gasteiger partial charge in [0.2, 0.25) is 5.89 Å². The highest BCUT2D eigenvalue weighted by Gasteiger charge is 2.16. The zero-order chi connectivity index (χ0) is 14.5. The third kappa shape index (κ3) is 3.33. The second-order valence-corrected chi connectivity index (χ2v) is 4.77. The molecular formula is C14H21N5O. The Kier molecular flexibility index (Phi) is 4.68. The van der Waals surface area contributed by atoms with Crippen molar-refractivity contribution in [3.05, 3.63) is 41.8 Å². The molecule has 0 amide bonds. The van der Waals surface area contributed by atoms with Crippen LogP contribution >= 0.6 is 0 Å². The van der Waals surface area contributed by atoms with Crippen molar-refractivity contribution in [3.63, 3.8) is 0 Å². The summed E-state index contributed by atoms with van der Waals surface area (Å²) < 4.78 is 7.11. The van der Waals surface area contributed by atoms with Gasteiger partial charge in [-0.25, -0.2) is 0 Å². The topological polar surface area (TPSA) is 68.8 Å². The van der Waals surface area contributed by atoms with E-state index in [0.717, 1.165) is 25.2 Å². The first kappa shape index (κ1) is 14.5. The maximum absolute atomic E-state index is 5.22.